The van der Waals surface area contributed by atoms with Crippen molar-refractivity contribution in [1.82, 2.24) is 0 Å². The first-order valence-corrected chi connectivity index (χ1v) is 5.82. The maximum atomic E-state index is 12.0. The molecule has 1 amide bonds. The molecule has 0 aliphatic carbocycles. The molecule has 0 unspecified atom stereocenters. The average molecular weight is 245 g/mol. The number of hydrogen-bond acceptors (Lipinski definition) is 3. The molecule has 0 aromatic heterocycles. The lowest BCUT2D eigenvalue weighted by molar-refractivity contribution is -0.118. The van der Waals surface area contributed by atoms with E-state index in [1.165, 1.54) is 6.92 Å². The molecule has 1 aliphatic heterocycles. The Morgan fingerprint density at radius 1 is 1.56 bits per heavy atom. The van der Waals surface area contributed by atoms with Crippen LogP contribution >= 0.6 is 0 Å². The summed E-state index contributed by atoms with van der Waals surface area (Å²) in [6.45, 7) is 5.92. The van der Waals surface area contributed by atoms with Gasteiger partial charge in [0.05, 0.1) is 18.7 Å². The predicted molar refractivity (Wildman–Crippen MR) is 69.1 cm³/mol. The van der Waals surface area contributed by atoms with Gasteiger partial charge in [0.15, 0.2) is 5.78 Å². The van der Waals surface area contributed by atoms with E-state index in [1.807, 2.05) is 0 Å². The Balaban J connectivity index is 2.50. The molecule has 0 saturated heterocycles. The number of amides is 1. The summed E-state index contributed by atoms with van der Waals surface area (Å²) in [4.78, 5) is 25.0. The van der Waals surface area contributed by atoms with E-state index in [1.54, 1.807) is 29.2 Å². The molecule has 94 valence electrons. The number of carbonyl (C=O) groups excluding carboxylic acids is 2. The van der Waals surface area contributed by atoms with Gasteiger partial charge in [-0.25, -0.2) is 0 Å². The van der Waals surface area contributed by atoms with E-state index in [4.69, 9.17) is 4.74 Å². The van der Waals surface area contributed by atoms with Crippen LogP contribution in [0.25, 0.3) is 0 Å². The first kappa shape index (κ1) is 12.4. The molecule has 1 aromatic carbocycles. The summed E-state index contributed by atoms with van der Waals surface area (Å²) in [6.07, 6.45) is 1.99. The minimum Gasteiger partial charge on any atom is -0.491 e. The molecule has 0 radical (unpaired) electrons. The molecule has 4 heteroatoms. The summed E-state index contributed by atoms with van der Waals surface area (Å²) in [7, 11) is 0. The number of ether oxygens (including phenoxy) is 1. The summed E-state index contributed by atoms with van der Waals surface area (Å²) in [6, 6.07) is 5.15. The highest BCUT2D eigenvalue weighted by atomic mass is 16.5. The molecule has 0 spiro atoms. The fraction of sp³-hybridized carbons (Fsp3) is 0.286. The van der Waals surface area contributed by atoms with E-state index in [0.717, 1.165) is 0 Å². The quantitative estimate of drug-likeness (QED) is 0.605. The normalized spacial score (nSPS) is 14.5. The summed E-state index contributed by atoms with van der Waals surface area (Å²) >= 11 is 0. The monoisotopic (exact) mass is 245 g/mol. The Morgan fingerprint density at radius 3 is 3.00 bits per heavy atom. The zero-order valence-corrected chi connectivity index (χ0v) is 10.3. The molecule has 4 nitrogen and oxygen atoms in total. The number of rotatable bonds is 3. The number of carbonyl (C=O) groups is 2. The standard InChI is InChI=1S/C14H15NO3/c1-3-7-15-12-9-11(10(2)16)4-5-13(12)18-8-6-14(15)17/h3-5,9H,1,6-8H2,2H3. The molecule has 0 N–H and O–H groups in total. The van der Waals surface area contributed by atoms with Crippen molar-refractivity contribution in [3.8, 4) is 5.75 Å². The molecule has 1 aliphatic rings. The number of ketones is 1. The second-order valence-corrected chi connectivity index (χ2v) is 4.13. The number of hydrogen-bond donors (Lipinski definition) is 0. The summed E-state index contributed by atoms with van der Waals surface area (Å²) in [5, 5.41) is 0. The molecule has 1 aromatic rings. The Morgan fingerprint density at radius 2 is 2.33 bits per heavy atom. The van der Waals surface area contributed by atoms with Crippen molar-refractivity contribution in [2.24, 2.45) is 0 Å². The van der Waals surface area contributed by atoms with Gasteiger partial charge in [0.25, 0.3) is 0 Å². The van der Waals surface area contributed by atoms with Gasteiger partial charge in [0.2, 0.25) is 5.91 Å². The largest absolute Gasteiger partial charge is 0.491 e. The van der Waals surface area contributed by atoms with Crippen molar-refractivity contribution in [3.63, 3.8) is 0 Å². The van der Waals surface area contributed by atoms with Crippen LogP contribution in [-0.4, -0.2) is 24.8 Å². The molecular weight excluding hydrogens is 230 g/mol. The van der Waals surface area contributed by atoms with E-state index in [0.29, 0.717) is 36.6 Å². The summed E-state index contributed by atoms with van der Waals surface area (Å²) < 4.78 is 5.52. The molecule has 0 bridgehead atoms. The van der Waals surface area contributed by atoms with Crippen LogP contribution in [0, 0.1) is 0 Å². The second kappa shape index (κ2) is 5.04. The van der Waals surface area contributed by atoms with Crippen LogP contribution in [0.15, 0.2) is 30.9 Å². The van der Waals surface area contributed by atoms with Crippen molar-refractivity contribution in [3.05, 3.63) is 36.4 Å². The van der Waals surface area contributed by atoms with Gasteiger partial charge in [0, 0.05) is 12.1 Å². The smallest absolute Gasteiger partial charge is 0.230 e. The van der Waals surface area contributed by atoms with Crippen LogP contribution in [0.4, 0.5) is 5.69 Å². The van der Waals surface area contributed by atoms with Gasteiger partial charge in [-0.1, -0.05) is 6.08 Å². The topological polar surface area (TPSA) is 46.6 Å². The van der Waals surface area contributed by atoms with Gasteiger partial charge in [-0.05, 0) is 25.1 Å². The summed E-state index contributed by atoms with van der Waals surface area (Å²) in [5.74, 6) is 0.579. The number of anilines is 1. The highest BCUT2D eigenvalue weighted by Gasteiger charge is 2.23. The van der Waals surface area contributed by atoms with Crippen molar-refractivity contribution >= 4 is 17.4 Å². The van der Waals surface area contributed by atoms with Crippen molar-refractivity contribution in [1.29, 1.82) is 0 Å². The van der Waals surface area contributed by atoms with E-state index >= 15 is 0 Å². The lowest BCUT2D eigenvalue weighted by atomic mass is 10.1. The summed E-state index contributed by atoms with van der Waals surface area (Å²) in [5.41, 5.74) is 1.21. The van der Waals surface area contributed by atoms with Crippen molar-refractivity contribution < 1.29 is 14.3 Å². The molecule has 0 fully saturated rings. The Kier molecular flexibility index (Phi) is 3.46. The number of Topliss-reactive ketones (excluding diaryl/α,β-unsaturated/α-hetero) is 1. The van der Waals surface area contributed by atoms with Crippen LogP contribution in [0.5, 0.6) is 5.75 Å². The molecule has 0 atom stereocenters. The van der Waals surface area contributed by atoms with Crippen LogP contribution in [0.1, 0.15) is 23.7 Å². The highest BCUT2D eigenvalue weighted by molar-refractivity contribution is 6.00. The minimum atomic E-state index is -0.0342. The van der Waals surface area contributed by atoms with E-state index in [-0.39, 0.29) is 11.7 Å². The van der Waals surface area contributed by atoms with Crippen LogP contribution in [0.2, 0.25) is 0 Å². The third-order valence-corrected chi connectivity index (χ3v) is 2.84. The minimum absolute atomic E-state index is 0.0191. The van der Waals surface area contributed by atoms with Gasteiger partial charge in [-0.15, -0.1) is 6.58 Å². The SMILES string of the molecule is C=CCN1C(=O)CCOc2ccc(C(C)=O)cc21. The fourth-order valence-electron chi connectivity index (χ4n) is 1.92. The maximum absolute atomic E-state index is 12.0. The third kappa shape index (κ3) is 2.27. The lowest BCUT2D eigenvalue weighted by Crippen LogP contribution is -2.30. The first-order valence-electron chi connectivity index (χ1n) is 5.82. The number of nitrogens with zero attached hydrogens (tertiary/aromatic N) is 1. The molecular formula is C14H15NO3. The van der Waals surface area contributed by atoms with Crippen LogP contribution in [0.3, 0.4) is 0 Å². The number of fused-ring (bicyclic) bond motifs is 1. The molecule has 2 rings (SSSR count). The average Bonchev–Trinajstić information content (AvgIpc) is 2.50. The predicted octanol–water partition coefficient (Wildman–Crippen LogP) is 2.19. The van der Waals surface area contributed by atoms with Crippen molar-refractivity contribution in [2.75, 3.05) is 18.1 Å². The number of benzene rings is 1. The van der Waals surface area contributed by atoms with Crippen LogP contribution in [-0.2, 0) is 4.79 Å². The van der Waals surface area contributed by atoms with Gasteiger partial charge in [-0.2, -0.15) is 0 Å². The van der Waals surface area contributed by atoms with Crippen LogP contribution < -0.4 is 9.64 Å². The zero-order chi connectivity index (χ0) is 13.1. The van der Waals surface area contributed by atoms with E-state index < -0.39 is 0 Å². The Hall–Kier alpha value is -2.10. The van der Waals surface area contributed by atoms with Gasteiger partial charge in [0.1, 0.15) is 5.75 Å². The maximum Gasteiger partial charge on any atom is 0.230 e. The first-order chi connectivity index (χ1) is 8.63. The Labute approximate surface area is 106 Å². The zero-order valence-electron chi connectivity index (χ0n) is 10.3. The third-order valence-electron chi connectivity index (χ3n) is 2.84. The second-order valence-electron chi connectivity index (χ2n) is 4.13. The Bertz CT molecular complexity index is 508. The fourth-order valence-corrected chi connectivity index (χ4v) is 1.92. The van der Waals surface area contributed by atoms with Gasteiger partial charge >= 0.3 is 0 Å². The van der Waals surface area contributed by atoms with E-state index in [9.17, 15) is 9.59 Å². The van der Waals surface area contributed by atoms with E-state index in [2.05, 4.69) is 6.58 Å². The molecule has 1 heterocycles. The highest BCUT2D eigenvalue weighted by Crippen LogP contribution is 2.32. The molecule has 18 heavy (non-hydrogen) atoms. The molecule has 0 saturated carbocycles. The van der Waals surface area contributed by atoms with Gasteiger partial charge < -0.3 is 9.64 Å². The lowest BCUT2D eigenvalue weighted by Gasteiger charge is -2.20. The van der Waals surface area contributed by atoms with Gasteiger partial charge in [-0.3, -0.25) is 9.59 Å². The van der Waals surface area contributed by atoms with Crippen molar-refractivity contribution in [2.45, 2.75) is 13.3 Å².